The minimum Gasteiger partial charge on any atom is -0.461 e. The molecule has 14 heavy (non-hydrogen) atoms. The summed E-state index contributed by atoms with van der Waals surface area (Å²) in [4.78, 5) is 22.6. The molecule has 0 N–H and O–H groups in total. The lowest BCUT2D eigenvalue weighted by Crippen LogP contribution is -2.07. The van der Waals surface area contributed by atoms with Crippen LogP contribution in [0.4, 0.5) is 0 Å². The van der Waals surface area contributed by atoms with Crippen LogP contribution < -0.4 is 0 Å². The van der Waals surface area contributed by atoms with Crippen LogP contribution in [0.2, 0.25) is 0 Å². The van der Waals surface area contributed by atoms with Crippen LogP contribution in [0.15, 0.2) is 22.8 Å². The molecule has 0 spiro atoms. The molecule has 76 valence electrons. The van der Waals surface area contributed by atoms with E-state index in [0.29, 0.717) is 6.42 Å². The first kappa shape index (κ1) is 10.7. The van der Waals surface area contributed by atoms with Crippen molar-refractivity contribution in [1.29, 1.82) is 0 Å². The van der Waals surface area contributed by atoms with Crippen LogP contribution >= 0.6 is 0 Å². The van der Waals surface area contributed by atoms with Crippen molar-refractivity contribution in [2.75, 3.05) is 0 Å². The second kappa shape index (κ2) is 5.37. The van der Waals surface area contributed by atoms with Crippen molar-refractivity contribution in [3.05, 3.63) is 24.2 Å². The predicted octanol–water partition coefficient (Wildman–Crippen LogP) is 2.61. The van der Waals surface area contributed by atoms with E-state index in [1.165, 1.54) is 6.26 Å². The van der Waals surface area contributed by atoms with Crippen LogP contribution in [-0.2, 0) is 4.79 Å². The number of rotatable bonds is 6. The normalized spacial score (nSPS) is 10.1. The van der Waals surface area contributed by atoms with Gasteiger partial charge in [0.15, 0.2) is 5.76 Å². The first-order chi connectivity index (χ1) is 6.74. The van der Waals surface area contributed by atoms with Gasteiger partial charge in [-0.05, 0) is 18.6 Å². The molecular weight excluding hydrogens is 180 g/mol. The molecule has 0 amide bonds. The number of carbonyl (C=O) groups is 2. The van der Waals surface area contributed by atoms with Crippen molar-refractivity contribution in [2.45, 2.75) is 32.6 Å². The molecule has 0 aliphatic heterocycles. The van der Waals surface area contributed by atoms with Gasteiger partial charge in [0.1, 0.15) is 5.78 Å². The Hall–Kier alpha value is -1.38. The molecule has 0 aromatic carbocycles. The van der Waals surface area contributed by atoms with Gasteiger partial charge >= 0.3 is 0 Å². The summed E-state index contributed by atoms with van der Waals surface area (Å²) in [6.45, 7) is 2.02. The number of furan rings is 1. The molecule has 0 aliphatic rings. The highest BCUT2D eigenvalue weighted by Gasteiger charge is 2.13. The zero-order valence-electron chi connectivity index (χ0n) is 8.29. The third kappa shape index (κ3) is 3.17. The lowest BCUT2D eigenvalue weighted by molar-refractivity contribution is -0.118. The summed E-state index contributed by atoms with van der Waals surface area (Å²) >= 11 is 0. The second-order valence-corrected chi connectivity index (χ2v) is 3.22. The topological polar surface area (TPSA) is 47.3 Å². The summed E-state index contributed by atoms with van der Waals surface area (Å²) in [7, 11) is 0. The maximum absolute atomic E-state index is 11.4. The van der Waals surface area contributed by atoms with E-state index in [9.17, 15) is 9.59 Å². The largest absolute Gasteiger partial charge is 0.461 e. The molecule has 0 atom stereocenters. The molecular formula is C11H14O3. The maximum Gasteiger partial charge on any atom is 0.205 e. The Balaban J connectivity index is 2.38. The van der Waals surface area contributed by atoms with Crippen LogP contribution in [0.5, 0.6) is 0 Å². The van der Waals surface area contributed by atoms with Gasteiger partial charge in [0.25, 0.3) is 0 Å². The molecule has 0 fully saturated rings. The third-order valence-corrected chi connectivity index (χ3v) is 1.96. The molecule has 0 saturated heterocycles. The van der Waals surface area contributed by atoms with Crippen LogP contribution in [-0.4, -0.2) is 11.6 Å². The smallest absolute Gasteiger partial charge is 0.205 e. The summed E-state index contributed by atoms with van der Waals surface area (Å²) in [6, 6.07) is 3.22. The lowest BCUT2D eigenvalue weighted by Gasteiger charge is -1.96. The number of unbranched alkanes of at least 4 members (excludes halogenated alkanes) is 1. The van der Waals surface area contributed by atoms with E-state index >= 15 is 0 Å². The van der Waals surface area contributed by atoms with E-state index in [0.717, 1.165) is 12.8 Å². The van der Waals surface area contributed by atoms with E-state index in [4.69, 9.17) is 4.42 Å². The summed E-state index contributed by atoms with van der Waals surface area (Å²) < 4.78 is 4.90. The number of carbonyl (C=O) groups excluding carboxylic acids is 2. The Bertz CT molecular complexity index is 298. The van der Waals surface area contributed by atoms with Gasteiger partial charge in [0.05, 0.1) is 12.7 Å². The van der Waals surface area contributed by atoms with Gasteiger partial charge in [-0.25, -0.2) is 0 Å². The van der Waals surface area contributed by atoms with Crippen LogP contribution in [0.3, 0.4) is 0 Å². The van der Waals surface area contributed by atoms with E-state index in [-0.39, 0.29) is 23.7 Å². The van der Waals surface area contributed by atoms with E-state index < -0.39 is 0 Å². The van der Waals surface area contributed by atoms with Crippen molar-refractivity contribution >= 4 is 11.6 Å². The third-order valence-electron chi connectivity index (χ3n) is 1.96. The Labute approximate surface area is 83.1 Å². The zero-order valence-corrected chi connectivity index (χ0v) is 8.29. The summed E-state index contributed by atoms with van der Waals surface area (Å²) in [5.41, 5.74) is 0. The first-order valence-electron chi connectivity index (χ1n) is 4.82. The quantitative estimate of drug-likeness (QED) is 0.516. The lowest BCUT2D eigenvalue weighted by atomic mass is 10.1. The van der Waals surface area contributed by atoms with E-state index in [2.05, 4.69) is 0 Å². The fraction of sp³-hybridized carbons (Fsp3) is 0.455. The molecule has 1 heterocycles. The maximum atomic E-state index is 11.4. The average Bonchev–Trinajstić information content (AvgIpc) is 2.67. The molecule has 1 rings (SSSR count). The van der Waals surface area contributed by atoms with Crippen LogP contribution in [0, 0.1) is 0 Å². The van der Waals surface area contributed by atoms with Crippen molar-refractivity contribution in [3.63, 3.8) is 0 Å². The Morgan fingerprint density at radius 1 is 1.43 bits per heavy atom. The van der Waals surface area contributed by atoms with Crippen LogP contribution in [0.25, 0.3) is 0 Å². The van der Waals surface area contributed by atoms with Gasteiger partial charge in [-0.2, -0.15) is 0 Å². The monoisotopic (exact) mass is 194 g/mol. The Morgan fingerprint density at radius 2 is 2.21 bits per heavy atom. The number of hydrogen-bond donors (Lipinski definition) is 0. The predicted molar refractivity (Wildman–Crippen MR) is 52.2 cm³/mol. The van der Waals surface area contributed by atoms with Gasteiger partial charge in [-0.3, -0.25) is 9.59 Å². The number of ketones is 2. The van der Waals surface area contributed by atoms with E-state index in [1.54, 1.807) is 12.1 Å². The highest BCUT2D eigenvalue weighted by molar-refractivity contribution is 6.06. The minimum absolute atomic E-state index is 0.00625. The minimum atomic E-state index is -0.226. The van der Waals surface area contributed by atoms with Gasteiger partial charge in [-0.15, -0.1) is 0 Å². The number of hydrogen-bond acceptors (Lipinski definition) is 3. The molecule has 3 nitrogen and oxygen atoms in total. The fourth-order valence-corrected chi connectivity index (χ4v) is 1.17. The highest BCUT2D eigenvalue weighted by atomic mass is 16.3. The summed E-state index contributed by atoms with van der Waals surface area (Å²) in [5.74, 6) is 0.0409. The second-order valence-electron chi connectivity index (χ2n) is 3.22. The molecule has 1 aromatic heterocycles. The van der Waals surface area contributed by atoms with Gasteiger partial charge in [0.2, 0.25) is 5.78 Å². The molecule has 0 aliphatic carbocycles. The van der Waals surface area contributed by atoms with E-state index in [1.807, 2.05) is 6.92 Å². The van der Waals surface area contributed by atoms with Gasteiger partial charge in [0, 0.05) is 6.42 Å². The Morgan fingerprint density at radius 3 is 2.79 bits per heavy atom. The molecule has 0 radical (unpaired) electrons. The van der Waals surface area contributed by atoms with Crippen molar-refractivity contribution < 1.29 is 14.0 Å². The zero-order chi connectivity index (χ0) is 10.4. The van der Waals surface area contributed by atoms with Crippen molar-refractivity contribution in [2.24, 2.45) is 0 Å². The first-order valence-corrected chi connectivity index (χ1v) is 4.82. The van der Waals surface area contributed by atoms with Gasteiger partial charge < -0.3 is 4.42 Å². The van der Waals surface area contributed by atoms with Crippen molar-refractivity contribution in [3.8, 4) is 0 Å². The molecule has 3 heteroatoms. The highest BCUT2D eigenvalue weighted by Crippen LogP contribution is 2.06. The molecule has 0 unspecified atom stereocenters. The molecule has 0 bridgehead atoms. The fourth-order valence-electron chi connectivity index (χ4n) is 1.17. The molecule has 0 saturated carbocycles. The summed E-state index contributed by atoms with van der Waals surface area (Å²) in [5, 5.41) is 0. The molecule has 1 aromatic rings. The van der Waals surface area contributed by atoms with Gasteiger partial charge in [-0.1, -0.05) is 13.3 Å². The summed E-state index contributed by atoms with van der Waals surface area (Å²) in [6.07, 6.45) is 3.71. The Kier molecular flexibility index (Phi) is 4.11. The number of Topliss-reactive ketones (excluding diaryl/α,β-unsaturated/α-hetero) is 2. The van der Waals surface area contributed by atoms with Crippen molar-refractivity contribution in [1.82, 2.24) is 0 Å². The van der Waals surface area contributed by atoms with Crippen LogP contribution in [0.1, 0.15) is 43.2 Å². The SMILES string of the molecule is CCCCC(=O)CC(=O)c1ccco1. The average molecular weight is 194 g/mol. The standard InChI is InChI=1S/C11H14O3/c1-2-3-5-9(12)8-10(13)11-6-4-7-14-11/h4,6-7H,2-3,5,8H2,1H3.